The van der Waals surface area contributed by atoms with E-state index in [2.05, 4.69) is 43.5 Å². The minimum Gasteiger partial charge on any atom is -0.387 e. The standard InChI is InChI=1S/C39H75N2O6P/c1-6-8-10-12-14-15-16-17-18-19-20-21-22-23-24-25-27-29-31-33-39(43)40-37(38(42)32-30-28-26-13-11-9-7-2)36-47-48(44,45)46-35-34-41(3,4)5/h11,13,17-18,30,32,37-38,42H,6-10,12,14-16,19-29,31,33-36H2,1-5H3,(H-,40,43,44,45)/p+1/b13-11+,18-17-,32-30+. The monoisotopic (exact) mass is 700 g/mol. The Balaban J connectivity index is 4.31. The van der Waals surface area contributed by atoms with Crippen LogP contribution < -0.4 is 5.32 Å². The summed E-state index contributed by atoms with van der Waals surface area (Å²) in [4.78, 5) is 22.9. The SMILES string of the molecule is CCC/C=C/CC/C=C/C(O)C(COP(=O)(O)OCC[N+](C)(C)C)NC(=O)CCCCCCCCCCC/C=C\CCCCCCCC. The van der Waals surface area contributed by atoms with Crippen LogP contribution in [0.1, 0.15) is 155 Å². The zero-order valence-electron chi connectivity index (χ0n) is 31.7. The number of carbonyl (C=O) groups excluding carboxylic acids is 1. The Morgan fingerprint density at radius 2 is 1.19 bits per heavy atom. The number of unbranched alkanes of at least 4 members (excludes halogenated alkanes) is 17. The molecule has 1 amide bonds. The molecule has 0 aromatic rings. The fraction of sp³-hybridized carbons (Fsp3) is 0.821. The third-order valence-corrected chi connectivity index (χ3v) is 9.30. The number of carbonyl (C=O) groups is 1. The topological polar surface area (TPSA) is 105 Å². The molecule has 0 aliphatic carbocycles. The molecule has 0 spiro atoms. The number of aliphatic hydroxyl groups excluding tert-OH is 1. The Morgan fingerprint density at radius 1 is 0.688 bits per heavy atom. The van der Waals surface area contributed by atoms with Gasteiger partial charge in [-0.25, -0.2) is 4.57 Å². The molecule has 282 valence electrons. The van der Waals surface area contributed by atoms with E-state index in [0.29, 0.717) is 17.4 Å². The fourth-order valence-electron chi connectivity index (χ4n) is 5.17. The largest absolute Gasteiger partial charge is 0.472 e. The summed E-state index contributed by atoms with van der Waals surface area (Å²) < 4.78 is 23.3. The normalized spacial score (nSPS) is 15.1. The molecule has 9 heteroatoms. The van der Waals surface area contributed by atoms with E-state index in [9.17, 15) is 19.4 Å². The van der Waals surface area contributed by atoms with Crippen LogP contribution in [0.4, 0.5) is 0 Å². The second-order valence-electron chi connectivity index (χ2n) is 14.3. The number of phosphoric acid groups is 1. The predicted octanol–water partition coefficient (Wildman–Crippen LogP) is 9.96. The van der Waals surface area contributed by atoms with Gasteiger partial charge in [-0.2, -0.15) is 0 Å². The highest BCUT2D eigenvalue weighted by atomic mass is 31.2. The summed E-state index contributed by atoms with van der Waals surface area (Å²) in [6, 6.07) is -0.859. The summed E-state index contributed by atoms with van der Waals surface area (Å²) in [6.45, 7) is 4.66. The molecule has 8 nitrogen and oxygen atoms in total. The van der Waals surface area contributed by atoms with E-state index >= 15 is 0 Å². The first-order valence-electron chi connectivity index (χ1n) is 19.4. The van der Waals surface area contributed by atoms with Crippen molar-refractivity contribution in [1.82, 2.24) is 5.32 Å². The Bertz CT molecular complexity index is 886. The molecule has 48 heavy (non-hydrogen) atoms. The highest BCUT2D eigenvalue weighted by Crippen LogP contribution is 2.43. The van der Waals surface area contributed by atoms with Gasteiger partial charge in [-0.05, 0) is 51.4 Å². The van der Waals surface area contributed by atoms with Gasteiger partial charge in [0.25, 0.3) is 0 Å². The van der Waals surface area contributed by atoms with Crippen LogP contribution in [0.5, 0.6) is 0 Å². The minimum atomic E-state index is -4.33. The minimum absolute atomic E-state index is 0.0549. The zero-order valence-corrected chi connectivity index (χ0v) is 32.6. The molecular formula is C39H76N2O6P+. The molecule has 0 aromatic heterocycles. The van der Waals surface area contributed by atoms with Gasteiger partial charge in [0.15, 0.2) is 0 Å². The van der Waals surface area contributed by atoms with Crippen molar-refractivity contribution in [3.05, 3.63) is 36.5 Å². The van der Waals surface area contributed by atoms with E-state index in [1.165, 1.54) is 89.9 Å². The van der Waals surface area contributed by atoms with E-state index in [0.717, 1.165) is 44.9 Å². The molecule has 0 aromatic carbocycles. The average Bonchev–Trinajstić information content (AvgIpc) is 3.02. The first-order chi connectivity index (χ1) is 23.0. The third kappa shape index (κ3) is 33.2. The van der Waals surface area contributed by atoms with Gasteiger partial charge in [-0.3, -0.25) is 13.8 Å². The molecule has 0 saturated carbocycles. The van der Waals surface area contributed by atoms with E-state index in [1.54, 1.807) is 6.08 Å². The fourth-order valence-corrected chi connectivity index (χ4v) is 5.91. The maximum absolute atomic E-state index is 12.7. The summed E-state index contributed by atoms with van der Waals surface area (Å²) in [7, 11) is 1.54. The van der Waals surface area contributed by atoms with Crippen molar-refractivity contribution in [2.24, 2.45) is 0 Å². The molecular weight excluding hydrogens is 623 g/mol. The van der Waals surface area contributed by atoms with Gasteiger partial charge in [-0.15, -0.1) is 0 Å². The number of amides is 1. The molecule has 0 aliphatic rings. The summed E-state index contributed by atoms with van der Waals surface area (Å²) >= 11 is 0. The number of allylic oxidation sites excluding steroid dienone is 5. The van der Waals surface area contributed by atoms with E-state index in [-0.39, 0.29) is 19.1 Å². The molecule has 0 aliphatic heterocycles. The van der Waals surface area contributed by atoms with Crippen molar-refractivity contribution >= 4 is 13.7 Å². The smallest absolute Gasteiger partial charge is 0.387 e. The first-order valence-corrected chi connectivity index (χ1v) is 20.9. The maximum Gasteiger partial charge on any atom is 0.472 e. The van der Waals surface area contributed by atoms with Crippen LogP contribution in [-0.2, 0) is 18.4 Å². The quantitative estimate of drug-likeness (QED) is 0.0267. The summed E-state index contributed by atoms with van der Waals surface area (Å²) in [6.07, 6.45) is 36.7. The van der Waals surface area contributed by atoms with Gasteiger partial charge >= 0.3 is 7.82 Å². The number of likely N-dealkylation sites (N-methyl/N-ethyl adjacent to an activating group) is 1. The van der Waals surface area contributed by atoms with Crippen LogP contribution in [0.2, 0.25) is 0 Å². The maximum atomic E-state index is 12.7. The van der Waals surface area contributed by atoms with Crippen LogP contribution in [0.15, 0.2) is 36.5 Å². The Hall–Kier alpha value is -1.28. The summed E-state index contributed by atoms with van der Waals surface area (Å²) in [5.74, 6) is -0.196. The molecule has 0 bridgehead atoms. The molecule has 0 rings (SSSR count). The number of aliphatic hydroxyl groups is 1. The van der Waals surface area contributed by atoms with Crippen molar-refractivity contribution in [3.8, 4) is 0 Å². The van der Waals surface area contributed by atoms with Crippen LogP contribution in [0, 0.1) is 0 Å². The zero-order chi connectivity index (χ0) is 35.8. The third-order valence-electron chi connectivity index (χ3n) is 8.31. The van der Waals surface area contributed by atoms with E-state index < -0.39 is 20.0 Å². The lowest BCUT2D eigenvalue weighted by Crippen LogP contribution is -2.45. The lowest BCUT2D eigenvalue weighted by atomic mass is 10.0. The molecule has 3 atom stereocenters. The van der Waals surface area contributed by atoms with Crippen molar-refractivity contribution in [2.45, 2.75) is 167 Å². The van der Waals surface area contributed by atoms with E-state index in [1.807, 2.05) is 27.2 Å². The number of nitrogens with one attached hydrogen (secondary N) is 1. The number of nitrogens with zero attached hydrogens (tertiary/aromatic N) is 1. The van der Waals surface area contributed by atoms with Crippen LogP contribution in [0.25, 0.3) is 0 Å². The highest BCUT2D eigenvalue weighted by Gasteiger charge is 2.27. The molecule has 0 fully saturated rings. The van der Waals surface area contributed by atoms with Crippen LogP contribution >= 0.6 is 7.82 Å². The van der Waals surface area contributed by atoms with Crippen molar-refractivity contribution < 1.29 is 32.9 Å². The number of rotatable bonds is 34. The van der Waals surface area contributed by atoms with Gasteiger partial charge in [0, 0.05) is 6.42 Å². The number of hydrogen-bond acceptors (Lipinski definition) is 5. The van der Waals surface area contributed by atoms with Crippen molar-refractivity contribution in [1.29, 1.82) is 0 Å². The Kier molecular flexibility index (Phi) is 30.8. The molecule has 0 saturated heterocycles. The number of quaternary nitrogens is 1. The van der Waals surface area contributed by atoms with Gasteiger partial charge < -0.3 is 19.8 Å². The first kappa shape index (κ1) is 46.7. The lowest BCUT2D eigenvalue weighted by molar-refractivity contribution is -0.870. The Morgan fingerprint density at radius 3 is 1.75 bits per heavy atom. The van der Waals surface area contributed by atoms with Gasteiger partial charge in [0.05, 0.1) is 39.9 Å². The van der Waals surface area contributed by atoms with Crippen LogP contribution in [0.3, 0.4) is 0 Å². The van der Waals surface area contributed by atoms with Crippen LogP contribution in [-0.4, -0.2) is 73.4 Å². The molecule has 3 N–H and O–H groups in total. The van der Waals surface area contributed by atoms with E-state index in [4.69, 9.17) is 9.05 Å². The van der Waals surface area contributed by atoms with Gasteiger partial charge in [0.1, 0.15) is 13.2 Å². The second kappa shape index (κ2) is 31.7. The molecule has 0 heterocycles. The van der Waals surface area contributed by atoms with Crippen molar-refractivity contribution in [2.75, 3.05) is 40.9 Å². The molecule has 3 unspecified atom stereocenters. The Labute approximate surface area is 296 Å². The molecule has 0 radical (unpaired) electrons. The van der Waals surface area contributed by atoms with Gasteiger partial charge in [0.2, 0.25) is 5.91 Å². The summed E-state index contributed by atoms with van der Waals surface area (Å²) in [5, 5.41) is 13.6. The lowest BCUT2D eigenvalue weighted by Gasteiger charge is -2.25. The number of hydrogen-bond donors (Lipinski definition) is 3. The number of phosphoric ester groups is 1. The second-order valence-corrected chi connectivity index (χ2v) is 15.7. The summed E-state index contributed by atoms with van der Waals surface area (Å²) in [5.41, 5.74) is 0. The highest BCUT2D eigenvalue weighted by molar-refractivity contribution is 7.47. The van der Waals surface area contributed by atoms with Gasteiger partial charge in [-0.1, -0.05) is 134 Å². The average molecular weight is 700 g/mol. The van der Waals surface area contributed by atoms with Crippen molar-refractivity contribution in [3.63, 3.8) is 0 Å². The predicted molar refractivity (Wildman–Crippen MR) is 203 cm³/mol.